The number of likely N-dealkylation sites (tertiary alicyclic amines) is 1. The van der Waals surface area contributed by atoms with Gasteiger partial charge in [-0.1, -0.05) is 0 Å². The summed E-state index contributed by atoms with van der Waals surface area (Å²) in [7, 11) is 0. The molecule has 2 N–H and O–H groups in total. The van der Waals surface area contributed by atoms with Gasteiger partial charge in [0.05, 0.1) is 6.61 Å². The van der Waals surface area contributed by atoms with Crippen LogP contribution in [0.4, 0.5) is 0 Å². The van der Waals surface area contributed by atoms with Gasteiger partial charge in [0.1, 0.15) is 5.54 Å². The van der Waals surface area contributed by atoms with Crippen molar-refractivity contribution in [3.8, 4) is 0 Å². The third-order valence-electron chi connectivity index (χ3n) is 3.62. The zero-order chi connectivity index (χ0) is 11.1. The van der Waals surface area contributed by atoms with Crippen molar-refractivity contribution < 1.29 is 9.53 Å². The summed E-state index contributed by atoms with van der Waals surface area (Å²) in [5, 5.41) is 0. The molecule has 1 amide bonds. The molecule has 0 aromatic carbocycles. The molecule has 2 aliphatic heterocycles. The lowest BCUT2D eigenvalue weighted by atomic mass is 9.95. The lowest BCUT2D eigenvalue weighted by Crippen LogP contribution is -2.59. The number of amides is 1. The van der Waals surface area contributed by atoms with Gasteiger partial charge in [0.2, 0.25) is 5.91 Å². The molecule has 0 aliphatic carbocycles. The Kier molecular flexibility index (Phi) is 2.51. The van der Waals surface area contributed by atoms with Gasteiger partial charge in [-0.2, -0.15) is 0 Å². The fraction of sp³-hybridized carbons (Fsp3) is 0.909. The fourth-order valence-electron chi connectivity index (χ4n) is 2.50. The van der Waals surface area contributed by atoms with Crippen molar-refractivity contribution in [2.24, 2.45) is 5.73 Å². The zero-order valence-electron chi connectivity index (χ0n) is 9.58. The standard InChI is InChI=1S/C11H20N2O2/c1-10(2)4-3-6-13(10)9(14)11(12)5-7-15-8-11/h3-8,12H2,1-2H3. The molecule has 2 rings (SSSR count). The van der Waals surface area contributed by atoms with Crippen molar-refractivity contribution >= 4 is 5.91 Å². The molecule has 2 saturated heterocycles. The molecule has 4 nitrogen and oxygen atoms in total. The Morgan fingerprint density at radius 2 is 2.13 bits per heavy atom. The number of nitrogens with two attached hydrogens (primary N) is 1. The van der Waals surface area contributed by atoms with E-state index in [0.717, 1.165) is 19.4 Å². The summed E-state index contributed by atoms with van der Waals surface area (Å²) >= 11 is 0. The van der Waals surface area contributed by atoms with E-state index in [1.54, 1.807) is 0 Å². The Morgan fingerprint density at radius 3 is 2.60 bits per heavy atom. The molecular weight excluding hydrogens is 192 g/mol. The maximum atomic E-state index is 12.3. The molecule has 4 heteroatoms. The van der Waals surface area contributed by atoms with Crippen LogP contribution in [0.2, 0.25) is 0 Å². The first-order valence-corrected chi connectivity index (χ1v) is 5.64. The van der Waals surface area contributed by atoms with Gasteiger partial charge in [0.25, 0.3) is 0 Å². The van der Waals surface area contributed by atoms with Crippen LogP contribution in [0.5, 0.6) is 0 Å². The largest absolute Gasteiger partial charge is 0.379 e. The summed E-state index contributed by atoms with van der Waals surface area (Å²) in [6.07, 6.45) is 2.80. The minimum Gasteiger partial charge on any atom is -0.379 e. The molecule has 15 heavy (non-hydrogen) atoms. The van der Waals surface area contributed by atoms with Crippen LogP contribution in [0.1, 0.15) is 33.1 Å². The minimum atomic E-state index is -0.762. The molecule has 0 aromatic rings. The van der Waals surface area contributed by atoms with E-state index in [4.69, 9.17) is 10.5 Å². The van der Waals surface area contributed by atoms with Gasteiger partial charge in [0.15, 0.2) is 0 Å². The second-order valence-electron chi connectivity index (χ2n) is 5.33. The minimum absolute atomic E-state index is 0.0357. The van der Waals surface area contributed by atoms with Crippen molar-refractivity contribution in [2.75, 3.05) is 19.8 Å². The molecule has 0 bridgehead atoms. The third kappa shape index (κ3) is 1.76. The summed E-state index contributed by atoms with van der Waals surface area (Å²) in [5.41, 5.74) is 5.29. The first-order valence-electron chi connectivity index (χ1n) is 5.64. The zero-order valence-corrected chi connectivity index (χ0v) is 9.58. The lowest BCUT2D eigenvalue weighted by molar-refractivity contribution is -0.140. The monoisotopic (exact) mass is 212 g/mol. The van der Waals surface area contributed by atoms with Crippen molar-refractivity contribution in [1.29, 1.82) is 0 Å². The van der Waals surface area contributed by atoms with E-state index in [0.29, 0.717) is 19.6 Å². The summed E-state index contributed by atoms with van der Waals surface area (Å²) in [4.78, 5) is 14.2. The Balaban J connectivity index is 2.13. The Morgan fingerprint density at radius 1 is 1.40 bits per heavy atom. The van der Waals surface area contributed by atoms with Crippen LogP contribution in [-0.2, 0) is 9.53 Å². The van der Waals surface area contributed by atoms with E-state index in [9.17, 15) is 4.79 Å². The summed E-state index contributed by atoms with van der Waals surface area (Å²) < 4.78 is 5.24. The highest BCUT2D eigenvalue weighted by atomic mass is 16.5. The van der Waals surface area contributed by atoms with E-state index in [-0.39, 0.29) is 11.4 Å². The third-order valence-corrected chi connectivity index (χ3v) is 3.62. The van der Waals surface area contributed by atoms with Crippen LogP contribution in [0.3, 0.4) is 0 Å². The molecule has 1 atom stereocenters. The van der Waals surface area contributed by atoms with Gasteiger partial charge in [-0.3, -0.25) is 4.79 Å². The molecule has 2 heterocycles. The highest BCUT2D eigenvalue weighted by Gasteiger charge is 2.46. The Labute approximate surface area is 90.8 Å². The molecule has 0 radical (unpaired) electrons. The number of hydrogen-bond donors (Lipinski definition) is 1. The van der Waals surface area contributed by atoms with E-state index >= 15 is 0 Å². The first-order chi connectivity index (χ1) is 6.96. The van der Waals surface area contributed by atoms with Crippen molar-refractivity contribution in [3.63, 3.8) is 0 Å². The quantitative estimate of drug-likeness (QED) is 0.689. The Hall–Kier alpha value is -0.610. The fourth-order valence-corrected chi connectivity index (χ4v) is 2.50. The van der Waals surface area contributed by atoms with Crippen molar-refractivity contribution in [1.82, 2.24) is 4.90 Å². The molecule has 1 unspecified atom stereocenters. The second-order valence-corrected chi connectivity index (χ2v) is 5.33. The number of nitrogens with zero attached hydrogens (tertiary/aromatic N) is 1. The van der Waals surface area contributed by atoms with Crippen LogP contribution >= 0.6 is 0 Å². The average Bonchev–Trinajstić information content (AvgIpc) is 2.72. The topological polar surface area (TPSA) is 55.6 Å². The van der Waals surface area contributed by atoms with Crippen LogP contribution in [0.15, 0.2) is 0 Å². The van der Waals surface area contributed by atoms with Gasteiger partial charge in [-0.05, 0) is 33.1 Å². The predicted molar refractivity (Wildman–Crippen MR) is 57.4 cm³/mol. The average molecular weight is 212 g/mol. The first kappa shape index (κ1) is 10.9. The van der Waals surface area contributed by atoms with E-state index in [2.05, 4.69) is 13.8 Å². The molecular formula is C11H20N2O2. The SMILES string of the molecule is CC1(C)CCCN1C(=O)C1(N)CCOC1. The van der Waals surface area contributed by atoms with Gasteiger partial charge >= 0.3 is 0 Å². The number of carbonyl (C=O) groups is 1. The molecule has 0 saturated carbocycles. The summed E-state index contributed by atoms with van der Waals surface area (Å²) in [5.74, 6) is 0.0718. The summed E-state index contributed by atoms with van der Waals surface area (Å²) in [6, 6.07) is 0. The van der Waals surface area contributed by atoms with Gasteiger partial charge in [0, 0.05) is 18.7 Å². The van der Waals surface area contributed by atoms with Gasteiger partial charge in [-0.15, -0.1) is 0 Å². The second kappa shape index (κ2) is 3.46. The number of carbonyl (C=O) groups excluding carboxylic acids is 1. The lowest BCUT2D eigenvalue weighted by Gasteiger charge is -2.36. The Bertz CT molecular complexity index is 270. The predicted octanol–water partition coefficient (Wildman–Crippen LogP) is 0.505. The van der Waals surface area contributed by atoms with Crippen LogP contribution in [0, 0.1) is 0 Å². The van der Waals surface area contributed by atoms with Crippen molar-refractivity contribution in [2.45, 2.75) is 44.2 Å². The summed E-state index contributed by atoms with van der Waals surface area (Å²) in [6.45, 7) is 6.04. The number of rotatable bonds is 1. The van der Waals surface area contributed by atoms with Gasteiger partial charge < -0.3 is 15.4 Å². The normalized spacial score (nSPS) is 34.7. The molecule has 86 valence electrons. The van der Waals surface area contributed by atoms with E-state index < -0.39 is 5.54 Å². The molecule has 2 fully saturated rings. The van der Waals surface area contributed by atoms with E-state index in [1.165, 1.54) is 0 Å². The molecule has 0 spiro atoms. The molecule has 2 aliphatic rings. The molecule has 0 aromatic heterocycles. The number of hydrogen-bond acceptors (Lipinski definition) is 3. The van der Waals surface area contributed by atoms with Crippen LogP contribution < -0.4 is 5.73 Å². The van der Waals surface area contributed by atoms with Crippen molar-refractivity contribution in [3.05, 3.63) is 0 Å². The van der Waals surface area contributed by atoms with E-state index in [1.807, 2.05) is 4.90 Å². The highest BCUT2D eigenvalue weighted by Crippen LogP contribution is 2.31. The highest BCUT2D eigenvalue weighted by molar-refractivity contribution is 5.87. The van der Waals surface area contributed by atoms with Gasteiger partial charge in [-0.25, -0.2) is 0 Å². The van der Waals surface area contributed by atoms with Crippen LogP contribution in [0.25, 0.3) is 0 Å². The number of ether oxygens (including phenoxy) is 1. The smallest absolute Gasteiger partial charge is 0.245 e. The maximum absolute atomic E-state index is 12.3. The van der Waals surface area contributed by atoms with Crippen LogP contribution in [-0.4, -0.2) is 41.6 Å². The maximum Gasteiger partial charge on any atom is 0.245 e.